The molecule has 17 heavy (non-hydrogen) atoms. The maximum Gasteiger partial charge on any atom is 0.339 e. The van der Waals surface area contributed by atoms with Crippen molar-refractivity contribution in [1.29, 1.82) is 0 Å². The third-order valence-corrected chi connectivity index (χ3v) is 2.63. The first kappa shape index (κ1) is 14.0. The predicted octanol–water partition coefficient (Wildman–Crippen LogP) is 2.46. The molecule has 0 aliphatic heterocycles. The Hall–Kier alpha value is -1.08. The van der Waals surface area contributed by atoms with E-state index in [1.54, 1.807) is 0 Å². The van der Waals surface area contributed by atoms with E-state index in [-0.39, 0.29) is 6.61 Å². The molecule has 0 saturated heterocycles. The fraction of sp³-hybridized carbons (Fsp3) is 0.300. The van der Waals surface area contributed by atoms with Crippen LogP contribution >= 0.6 is 15.9 Å². The first-order valence-corrected chi connectivity index (χ1v) is 5.37. The Balaban J connectivity index is 3.19. The number of carbonyl (C=O) groups is 1. The summed E-state index contributed by atoms with van der Waals surface area (Å²) in [5.74, 6) is -5.19. The summed E-state index contributed by atoms with van der Waals surface area (Å²) in [4.78, 5) is 11.1. The standard InChI is InChI=1S/C10H8BrF3O3/c1-2-17-10(16)9(15)4-3-5(12)8(14)6(11)7(4)13/h3,9,15H,2H2,1H3. The molecule has 0 amide bonds. The number of halogens is 4. The fourth-order valence-electron chi connectivity index (χ4n) is 1.14. The van der Waals surface area contributed by atoms with Crippen LogP contribution in [0.25, 0.3) is 0 Å². The van der Waals surface area contributed by atoms with Crippen LogP contribution in [0.1, 0.15) is 18.6 Å². The second kappa shape index (κ2) is 5.50. The number of carbonyl (C=O) groups excluding carboxylic acids is 1. The van der Waals surface area contributed by atoms with Gasteiger partial charge in [0.25, 0.3) is 0 Å². The lowest BCUT2D eigenvalue weighted by Gasteiger charge is -2.12. The predicted molar refractivity (Wildman–Crippen MR) is 55.6 cm³/mol. The number of aliphatic hydroxyl groups is 1. The number of hydrogen-bond acceptors (Lipinski definition) is 3. The lowest BCUT2D eigenvalue weighted by molar-refractivity contribution is -0.153. The molecule has 1 rings (SSSR count). The normalized spacial score (nSPS) is 12.4. The highest BCUT2D eigenvalue weighted by Gasteiger charge is 2.26. The third kappa shape index (κ3) is 2.78. The minimum absolute atomic E-state index is 0.0254. The Labute approximate surface area is 103 Å². The highest BCUT2D eigenvalue weighted by molar-refractivity contribution is 9.10. The van der Waals surface area contributed by atoms with Crippen LogP contribution in [0, 0.1) is 17.5 Å². The average Bonchev–Trinajstić information content (AvgIpc) is 2.30. The van der Waals surface area contributed by atoms with Crippen LogP contribution < -0.4 is 0 Å². The van der Waals surface area contributed by atoms with Gasteiger partial charge in [0, 0.05) is 5.56 Å². The van der Waals surface area contributed by atoms with Crippen molar-refractivity contribution in [2.45, 2.75) is 13.0 Å². The van der Waals surface area contributed by atoms with Crippen LogP contribution in [-0.4, -0.2) is 17.7 Å². The van der Waals surface area contributed by atoms with Crippen molar-refractivity contribution in [2.75, 3.05) is 6.61 Å². The molecule has 0 spiro atoms. The summed E-state index contributed by atoms with van der Waals surface area (Å²) in [7, 11) is 0. The second-order valence-electron chi connectivity index (χ2n) is 3.04. The van der Waals surface area contributed by atoms with Gasteiger partial charge in [-0.15, -0.1) is 0 Å². The van der Waals surface area contributed by atoms with Gasteiger partial charge in [-0.25, -0.2) is 18.0 Å². The van der Waals surface area contributed by atoms with Gasteiger partial charge in [0.15, 0.2) is 17.7 Å². The maximum atomic E-state index is 13.5. The second-order valence-corrected chi connectivity index (χ2v) is 3.84. The van der Waals surface area contributed by atoms with Gasteiger partial charge < -0.3 is 9.84 Å². The van der Waals surface area contributed by atoms with Gasteiger partial charge >= 0.3 is 5.97 Å². The van der Waals surface area contributed by atoms with Crippen molar-refractivity contribution < 1.29 is 27.8 Å². The Kier molecular flexibility index (Phi) is 4.53. The lowest BCUT2D eigenvalue weighted by Crippen LogP contribution is -2.17. The van der Waals surface area contributed by atoms with Gasteiger partial charge in [-0.3, -0.25) is 0 Å². The molecule has 0 bridgehead atoms. The minimum Gasteiger partial charge on any atom is -0.464 e. The molecule has 0 aliphatic rings. The summed E-state index contributed by atoms with van der Waals surface area (Å²) < 4.78 is 43.0. The minimum atomic E-state index is -2.00. The van der Waals surface area contributed by atoms with Crippen molar-refractivity contribution in [3.8, 4) is 0 Å². The van der Waals surface area contributed by atoms with Crippen molar-refractivity contribution in [3.63, 3.8) is 0 Å². The zero-order valence-electron chi connectivity index (χ0n) is 8.64. The molecule has 0 fully saturated rings. The highest BCUT2D eigenvalue weighted by Crippen LogP contribution is 2.29. The molecule has 1 aromatic carbocycles. The lowest BCUT2D eigenvalue weighted by atomic mass is 10.1. The number of benzene rings is 1. The molecule has 1 aromatic rings. The largest absolute Gasteiger partial charge is 0.464 e. The zero-order chi connectivity index (χ0) is 13.2. The molecule has 3 nitrogen and oxygen atoms in total. The molecule has 0 aliphatic carbocycles. The van der Waals surface area contributed by atoms with Crippen LogP contribution in [0.5, 0.6) is 0 Å². The van der Waals surface area contributed by atoms with Crippen LogP contribution in [0.2, 0.25) is 0 Å². The zero-order valence-corrected chi connectivity index (χ0v) is 10.2. The molecule has 0 heterocycles. The number of hydrogen-bond donors (Lipinski definition) is 1. The third-order valence-electron chi connectivity index (χ3n) is 1.94. The van der Waals surface area contributed by atoms with E-state index in [9.17, 15) is 23.1 Å². The summed E-state index contributed by atoms with van der Waals surface area (Å²) in [5, 5.41) is 9.42. The Bertz CT molecular complexity index is 451. The number of ether oxygens (including phenoxy) is 1. The van der Waals surface area contributed by atoms with Gasteiger partial charge in [-0.1, -0.05) is 0 Å². The molecular formula is C10H8BrF3O3. The highest BCUT2D eigenvalue weighted by atomic mass is 79.9. The topological polar surface area (TPSA) is 46.5 Å². The first-order valence-electron chi connectivity index (χ1n) is 4.57. The Morgan fingerprint density at radius 1 is 1.47 bits per heavy atom. The van der Waals surface area contributed by atoms with E-state index < -0.39 is 39.6 Å². The smallest absolute Gasteiger partial charge is 0.339 e. The Morgan fingerprint density at radius 3 is 2.59 bits per heavy atom. The fourth-order valence-corrected chi connectivity index (χ4v) is 1.56. The summed E-state index contributed by atoms with van der Waals surface area (Å²) in [5.41, 5.74) is -0.686. The molecule has 1 unspecified atom stereocenters. The molecule has 94 valence electrons. The first-order chi connectivity index (χ1) is 7.90. The maximum absolute atomic E-state index is 13.5. The molecule has 0 radical (unpaired) electrons. The molecular weight excluding hydrogens is 305 g/mol. The van der Waals surface area contributed by atoms with E-state index in [0.29, 0.717) is 6.07 Å². The summed E-state index contributed by atoms with van der Waals surface area (Å²) in [6.07, 6.45) is -2.00. The van der Waals surface area contributed by atoms with Crippen molar-refractivity contribution in [3.05, 3.63) is 33.6 Å². The van der Waals surface area contributed by atoms with Crippen LogP contribution in [0.4, 0.5) is 13.2 Å². The Morgan fingerprint density at radius 2 is 2.06 bits per heavy atom. The number of esters is 1. The number of aliphatic hydroxyl groups excluding tert-OH is 1. The van der Waals surface area contributed by atoms with Crippen LogP contribution in [-0.2, 0) is 9.53 Å². The molecule has 7 heteroatoms. The molecule has 1 atom stereocenters. The van der Waals surface area contributed by atoms with Gasteiger partial charge in [-0.05, 0) is 28.9 Å². The summed E-state index contributed by atoms with van der Waals surface area (Å²) >= 11 is 2.48. The average molecular weight is 313 g/mol. The summed E-state index contributed by atoms with van der Waals surface area (Å²) in [6, 6.07) is 0.414. The van der Waals surface area contributed by atoms with Crippen molar-refractivity contribution >= 4 is 21.9 Å². The van der Waals surface area contributed by atoms with E-state index in [4.69, 9.17) is 0 Å². The molecule has 0 aromatic heterocycles. The molecule has 1 N–H and O–H groups in total. The van der Waals surface area contributed by atoms with Crippen molar-refractivity contribution in [1.82, 2.24) is 0 Å². The van der Waals surface area contributed by atoms with Crippen LogP contribution in [0.15, 0.2) is 10.5 Å². The number of rotatable bonds is 3. The van der Waals surface area contributed by atoms with E-state index in [0.717, 1.165) is 0 Å². The summed E-state index contributed by atoms with van der Waals surface area (Å²) in [6.45, 7) is 1.46. The SMILES string of the molecule is CCOC(=O)C(O)c1cc(F)c(F)c(Br)c1F. The quantitative estimate of drug-likeness (QED) is 0.530. The van der Waals surface area contributed by atoms with E-state index in [2.05, 4.69) is 20.7 Å². The van der Waals surface area contributed by atoms with Gasteiger partial charge in [0.2, 0.25) is 0 Å². The van der Waals surface area contributed by atoms with Gasteiger partial charge in [-0.2, -0.15) is 0 Å². The van der Waals surface area contributed by atoms with Gasteiger partial charge in [0.1, 0.15) is 5.82 Å². The van der Waals surface area contributed by atoms with Gasteiger partial charge in [0.05, 0.1) is 11.1 Å². The van der Waals surface area contributed by atoms with Crippen LogP contribution in [0.3, 0.4) is 0 Å². The van der Waals surface area contributed by atoms with E-state index >= 15 is 0 Å². The van der Waals surface area contributed by atoms with E-state index in [1.807, 2.05) is 0 Å². The van der Waals surface area contributed by atoms with Crippen molar-refractivity contribution in [2.24, 2.45) is 0 Å². The molecule has 0 saturated carbocycles. The monoisotopic (exact) mass is 312 g/mol. The van der Waals surface area contributed by atoms with E-state index in [1.165, 1.54) is 6.92 Å².